The highest BCUT2D eigenvalue weighted by molar-refractivity contribution is 7.10. The van der Waals surface area contributed by atoms with E-state index in [1.165, 1.54) is 16.4 Å². The molecule has 0 aliphatic carbocycles. The number of nitrogens with one attached hydrogen (secondary N) is 1. The molecule has 0 fully saturated rings. The van der Waals surface area contributed by atoms with Crippen LogP contribution in [0.3, 0.4) is 0 Å². The summed E-state index contributed by atoms with van der Waals surface area (Å²) in [5, 5.41) is 12.9. The number of hydrogen-bond acceptors (Lipinski definition) is 4. The molecule has 84 valence electrons. The smallest absolute Gasteiger partial charge is 0.322 e. The molecule has 0 unspecified atom stereocenters. The second-order valence-electron chi connectivity index (χ2n) is 3.98. The van der Waals surface area contributed by atoms with Gasteiger partial charge < -0.3 is 10.0 Å². The molecule has 0 radical (unpaired) electrons. The maximum atomic E-state index is 11.6. The monoisotopic (exact) mass is 229 g/mol. The molecular weight excluding hydrogens is 214 g/mol. The van der Waals surface area contributed by atoms with Crippen molar-refractivity contribution in [3.05, 3.63) is 12.3 Å². The highest BCUT2D eigenvalue weighted by Crippen LogP contribution is 2.12. The van der Waals surface area contributed by atoms with Gasteiger partial charge in [0, 0.05) is 13.2 Å². The lowest BCUT2D eigenvalue weighted by atomic mass is 10.1. The molecule has 1 rings (SSSR count). The van der Waals surface area contributed by atoms with Crippen molar-refractivity contribution in [1.29, 1.82) is 0 Å². The van der Waals surface area contributed by atoms with Gasteiger partial charge in [-0.1, -0.05) is 0 Å². The Kier molecular flexibility index (Phi) is 3.65. The maximum absolute atomic E-state index is 11.6. The number of aromatic nitrogens is 1. The fourth-order valence-corrected chi connectivity index (χ4v) is 1.62. The van der Waals surface area contributed by atoms with Crippen molar-refractivity contribution in [2.24, 2.45) is 0 Å². The number of urea groups is 1. The molecule has 0 saturated carbocycles. The minimum atomic E-state index is -0.889. The standard InChI is InChI=1S/C9H15N3O2S/c1-9(2,14)6-12(3)8(13)11-7-4-5-10-15-7/h4-5,14H,6H2,1-3H3,(H,11,13). The second kappa shape index (κ2) is 4.59. The van der Waals surface area contributed by atoms with Gasteiger partial charge in [-0.2, -0.15) is 4.37 Å². The summed E-state index contributed by atoms with van der Waals surface area (Å²) < 4.78 is 3.87. The number of likely N-dealkylation sites (N-methyl/N-ethyl adjacent to an activating group) is 1. The number of rotatable bonds is 3. The van der Waals surface area contributed by atoms with Gasteiger partial charge in [0.1, 0.15) is 5.00 Å². The Balaban J connectivity index is 2.47. The van der Waals surface area contributed by atoms with Crippen molar-refractivity contribution >= 4 is 22.6 Å². The second-order valence-corrected chi connectivity index (χ2v) is 4.81. The van der Waals surface area contributed by atoms with Crippen molar-refractivity contribution in [2.45, 2.75) is 19.4 Å². The van der Waals surface area contributed by atoms with Crippen LogP contribution in [0.1, 0.15) is 13.8 Å². The van der Waals surface area contributed by atoms with Crippen LogP contribution >= 0.6 is 11.5 Å². The molecule has 2 amide bonds. The van der Waals surface area contributed by atoms with Crippen LogP contribution in [0.15, 0.2) is 12.3 Å². The minimum Gasteiger partial charge on any atom is -0.389 e. The molecule has 15 heavy (non-hydrogen) atoms. The van der Waals surface area contributed by atoms with Gasteiger partial charge in [0.15, 0.2) is 0 Å². The van der Waals surface area contributed by atoms with Gasteiger partial charge in [0.25, 0.3) is 0 Å². The Morgan fingerprint density at radius 2 is 2.40 bits per heavy atom. The summed E-state index contributed by atoms with van der Waals surface area (Å²) in [5.41, 5.74) is -0.889. The summed E-state index contributed by atoms with van der Waals surface area (Å²) in [4.78, 5) is 13.0. The molecule has 1 heterocycles. The normalized spacial score (nSPS) is 11.2. The minimum absolute atomic E-state index is 0.249. The van der Waals surface area contributed by atoms with Crippen LogP contribution in [0.2, 0.25) is 0 Å². The van der Waals surface area contributed by atoms with Crippen LogP contribution in [0, 0.1) is 0 Å². The van der Waals surface area contributed by atoms with Crippen molar-refractivity contribution in [3.8, 4) is 0 Å². The number of aliphatic hydroxyl groups is 1. The van der Waals surface area contributed by atoms with E-state index in [4.69, 9.17) is 0 Å². The molecular formula is C9H15N3O2S. The van der Waals surface area contributed by atoms with E-state index in [9.17, 15) is 9.90 Å². The summed E-state index contributed by atoms with van der Waals surface area (Å²) in [7, 11) is 1.63. The zero-order valence-electron chi connectivity index (χ0n) is 9.02. The molecule has 0 spiro atoms. The zero-order chi connectivity index (χ0) is 11.5. The van der Waals surface area contributed by atoms with E-state index in [2.05, 4.69) is 9.69 Å². The molecule has 0 aromatic carbocycles. The van der Waals surface area contributed by atoms with E-state index in [0.717, 1.165) is 0 Å². The highest BCUT2D eigenvalue weighted by atomic mass is 32.1. The van der Waals surface area contributed by atoms with Gasteiger partial charge in [-0.15, -0.1) is 0 Å². The lowest BCUT2D eigenvalue weighted by Crippen LogP contribution is -2.41. The summed E-state index contributed by atoms with van der Waals surface area (Å²) in [5.74, 6) is 0. The van der Waals surface area contributed by atoms with Crippen molar-refractivity contribution < 1.29 is 9.90 Å². The Labute approximate surface area is 92.9 Å². The van der Waals surface area contributed by atoms with Gasteiger partial charge in [-0.3, -0.25) is 5.32 Å². The molecule has 0 bridgehead atoms. The van der Waals surface area contributed by atoms with Crippen LogP contribution in [0.4, 0.5) is 9.80 Å². The average molecular weight is 229 g/mol. The first-order valence-corrected chi connectivity index (χ1v) is 5.31. The van der Waals surface area contributed by atoms with E-state index in [1.54, 1.807) is 33.2 Å². The van der Waals surface area contributed by atoms with E-state index < -0.39 is 5.60 Å². The average Bonchev–Trinajstić information content (AvgIpc) is 2.53. The zero-order valence-corrected chi connectivity index (χ0v) is 9.84. The van der Waals surface area contributed by atoms with Crippen LogP contribution in [-0.2, 0) is 0 Å². The molecule has 0 aliphatic rings. The number of hydrogen-bond donors (Lipinski definition) is 2. The van der Waals surface area contributed by atoms with Crippen molar-refractivity contribution in [2.75, 3.05) is 18.9 Å². The van der Waals surface area contributed by atoms with Gasteiger partial charge in [0.05, 0.1) is 12.1 Å². The molecule has 0 atom stereocenters. The van der Waals surface area contributed by atoms with Gasteiger partial charge >= 0.3 is 6.03 Å². The summed E-state index contributed by atoms with van der Waals surface area (Å²) in [6.45, 7) is 3.59. The molecule has 0 saturated heterocycles. The SMILES string of the molecule is CN(CC(C)(C)O)C(=O)Nc1ccns1. The summed E-state index contributed by atoms with van der Waals surface area (Å²) in [6, 6.07) is 1.47. The number of amides is 2. The lowest BCUT2D eigenvalue weighted by Gasteiger charge is -2.25. The van der Waals surface area contributed by atoms with Crippen LogP contribution in [0.5, 0.6) is 0 Å². The lowest BCUT2D eigenvalue weighted by molar-refractivity contribution is 0.0551. The van der Waals surface area contributed by atoms with Gasteiger partial charge in [0.2, 0.25) is 0 Å². The van der Waals surface area contributed by atoms with E-state index >= 15 is 0 Å². The van der Waals surface area contributed by atoms with Crippen LogP contribution < -0.4 is 5.32 Å². The molecule has 0 aliphatic heterocycles. The first-order chi connectivity index (χ1) is 6.88. The predicted molar refractivity (Wildman–Crippen MR) is 60.1 cm³/mol. The number of carbonyl (C=O) groups excluding carboxylic acids is 1. The third-order valence-electron chi connectivity index (χ3n) is 1.64. The summed E-state index contributed by atoms with van der Waals surface area (Å²) in [6.07, 6.45) is 1.62. The number of carbonyl (C=O) groups is 1. The number of nitrogens with zero attached hydrogens (tertiary/aromatic N) is 2. The Morgan fingerprint density at radius 1 is 1.73 bits per heavy atom. The molecule has 6 heteroatoms. The van der Waals surface area contributed by atoms with Gasteiger partial charge in [-0.25, -0.2) is 4.79 Å². The molecule has 2 N–H and O–H groups in total. The van der Waals surface area contributed by atoms with Crippen LogP contribution in [0.25, 0.3) is 0 Å². The Bertz CT molecular complexity index is 319. The fraction of sp³-hybridized carbons (Fsp3) is 0.556. The van der Waals surface area contributed by atoms with E-state index in [0.29, 0.717) is 5.00 Å². The molecule has 1 aromatic heterocycles. The van der Waals surface area contributed by atoms with E-state index in [1.807, 2.05) is 0 Å². The Morgan fingerprint density at radius 3 is 2.87 bits per heavy atom. The first kappa shape index (κ1) is 11.9. The van der Waals surface area contributed by atoms with E-state index in [-0.39, 0.29) is 12.6 Å². The third-order valence-corrected chi connectivity index (χ3v) is 2.30. The van der Waals surface area contributed by atoms with Gasteiger partial charge in [-0.05, 0) is 31.4 Å². The number of anilines is 1. The van der Waals surface area contributed by atoms with Crippen molar-refractivity contribution in [3.63, 3.8) is 0 Å². The van der Waals surface area contributed by atoms with Crippen LogP contribution in [-0.4, -0.2) is 39.6 Å². The molecule has 5 nitrogen and oxygen atoms in total. The highest BCUT2D eigenvalue weighted by Gasteiger charge is 2.19. The molecule has 1 aromatic rings. The quantitative estimate of drug-likeness (QED) is 0.823. The predicted octanol–water partition coefficient (Wildman–Crippen LogP) is 1.38. The maximum Gasteiger partial charge on any atom is 0.322 e. The topological polar surface area (TPSA) is 65.5 Å². The largest absolute Gasteiger partial charge is 0.389 e. The first-order valence-electron chi connectivity index (χ1n) is 4.54. The fourth-order valence-electron chi connectivity index (χ4n) is 1.13. The third kappa shape index (κ3) is 4.26. The van der Waals surface area contributed by atoms with Crippen molar-refractivity contribution in [1.82, 2.24) is 9.27 Å². The summed E-state index contributed by atoms with van der Waals surface area (Å²) >= 11 is 1.22. The Hall–Kier alpha value is -1.14.